The zero-order chi connectivity index (χ0) is 14.0. The summed E-state index contributed by atoms with van der Waals surface area (Å²) in [6.45, 7) is 11.5. The van der Waals surface area contributed by atoms with Gasteiger partial charge in [0.15, 0.2) is 0 Å². The first-order valence-corrected chi connectivity index (χ1v) is 6.73. The number of rotatable bonds is 3. The Morgan fingerprint density at radius 3 is 2.53 bits per heavy atom. The number of nitrogens with one attached hydrogen (secondary N) is 2. The molecule has 0 spiro atoms. The van der Waals surface area contributed by atoms with Crippen LogP contribution in [0.5, 0.6) is 0 Å². The van der Waals surface area contributed by atoms with E-state index in [9.17, 15) is 0 Å². The fourth-order valence-electron chi connectivity index (χ4n) is 1.99. The van der Waals surface area contributed by atoms with Crippen molar-refractivity contribution in [2.75, 3.05) is 5.32 Å². The summed E-state index contributed by atoms with van der Waals surface area (Å²) in [5.74, 6) is 0.983. The van der Waals surface area contributed by atoms with Crippen molar-refractivity contribution in [1.82, 2.24) is 9.97 Å². The van der Waals surface area contributed by atoms with Crippen LogP contribution in [-0.2, 0) is 12.0 Å². The van der Waals surface area contributed by atoms with Crippen LogP contribution in [0.3, 0.4) is 0 Å². The SMILES string of the molecule is Cc1nc(CNc2cccc(C(C)(C)C)c2)[nH]c1C. The molecule has 0 aliphatic carbocycles. The Hall–Kier alpha value is -1.77. The summed E-state index contributed by atoms with van der Waals surface area (Å²) < 4.78 is 0. The first-order chi connectivity index (χ1) is 8.86. The number of anilines is 1. The molecule has 1 heterocycles. The lowest BCUT2D eigenvalue weighted by atomic mass is 9.87. The molecule has 102 valence electrons. The molecule has 1 aromatic carbocycles. The van der Waals surface area contributed by atoms with Crippen molar-refractivity contribution in [3.8, 4) is 0 Å². The minimum atomic E-state index is 0.176. The van der Waals surface area contributed by atoms with Crippen LogP contribution in [0.4, 0.5) is 5.69 Å². The van der Waals surface area contributed by atoms with Crippen molar-refractivity contribution in [3.63, 3.8) is 0 Å². The molecule has 0 aliphatic rings. The van der Waals surface area contributed by atoms with E-state index >= 15 is 0 Å². The number of aromatic nitrogens is 2. The van der Waals surface area contributed by atoms with Crippen LogP contribution in [0.1, 0.15) is 43.5 Å². The molecule has 2 aromatic rings. The number of benzene rings is 1. The molecular weight excluding hydrogens is 234 g/mol. The second kappa shape index (κ2) is 5.08. The molecule has 0 saturated carbocycles. The second-order valence-electron chi connectivity index (χ2n) is 6.08. The number of imidazole rings is 1. The lowest BCUT2D eigenvalue weighted by Gasteiger charge is -2.20. The lowest BCUT2D eigenvalue weighted by Crippen LogP contribution is -2.11. The Balaban J connectivity index is 2.07. The first-order valence-electron chi connectivity index (χ1n) is 6.73. The molecule has 0 bridgehead atoms. The standard InChI is InChI=1S/C16H23N3/c1-11-12(2)19-15(18-11)10-17-14-8-6-7-13(9-14)16(3,4)5/h6-9,17H,10H2,1-5H3,(H,18,19). The molecule has 3 nitrogen and oxygen atoms in total. The molecular formula is C16H23N3. The average Bonchev–Trinajstić information content (AvgIpc) is 2.66. The van der Waals surface area contributed by atoms with Gasteiger partial charge in [-0.25, -0.2) is 4.98 Å². The molecule has 2 N–H and O–H groups in total. The average molecular weight is 257 g/mol. The second-order valence-corrected chi connectivity index (χ2v) is 6.08. The molecule has 0 radical (unpaired) electrons. The van der Waals surface area contributed by atoms with Crippen molar-refractivity contribution in [2.45, 2.75) is 46.6 Å². The van der Waals surface area contributed by atoms with E-state index in [-0.39, 0.29) is 5.41 Å². The smallest absolute Gasteiger partial charge is 0.125 e. The number of aromatic amines is 1. The van der Waals surface area contributed by atoms with Gasteiger partial charge in [0.1, 0.15) is 5.82 Å². The molecule has 0 amide bonds. The zero-order valence-electron chi connectivity index (χ0n) is 12.5. The Morgan fingerprint density at radius 1 is 1.21 bits per heavy atom. The molecule has 19 heavy (non-hydrogen) atoms. The van der Waals surface area contributed by atoms with E-state index < -0.39 is 0 Å². The maximum absolute atomic E-state index is 4.48. The van der Waals surface area contributed by atoms with Crippen LogP contribution in [0.2, 0.25) is 0 Å². The molecule has 0 atom stereocenters. The summed E-state index contributed by atoms with van der Waals surface area (Å²) in [5.41, 5.74) is 4.86. The summed E-state index contributed by atoms with van der Waals surface area (Å²) in [6, 6.07) is 8.58. The molecule has 0 fully saturated rings. The Labute approximate surface area is 115 Å². The third kappa shape index (κ3) is 3.37. The van der Waals surface area contributed by atoms with Gasteiger partial charge in [0.2, 0.25) is 0 Å². The van der Waals surface area contributed by atoms with Crippen molar-refractivity contribution >= 4 is 5.69 Å². The van der Waals surface area contributed by atoms with Crippen molar-refractivity contribution in [1.29, 1.82) is 0 Å². The summed E-state index contributed by atoms with van der Waals surface area (Å²) in [5, 5.41) is 3.42. The van der Waals surface area contributed by atoms with E-state index in [0.717, 1.165) is 29.4 Å². The minimum absolute atomic E-state index is 0.176. The summed E-state index contributed by atoms with van der Waals surface area (Å²) >= 11 is 0. The van der Waals surface area contributed by atoms with Crippen molar-refractivity contribution in [3.05, 3.63) is 47.0 Å². The maximum atomic E-state index is 4.48. The highest BCUT2D eigenvalue weighted by Crippen LogP contribution is 2.24. The van der Waals surface area contributed by atoms with Crippen LogP contribution >= 0.6 is 0 Å². The van der Waals surface area contributed by atoms with E-state index in [4.69, 9.17) is 0 Å². The van der Waals surface area contributed by atoms with Crippen LogP contribution in [0.25, 0.3) is 0 Å². The lowest BCUT2D eigenvalue weighted by molar-refractivity contribution is 0.590. The predicted molar refractivity (Wildman–Crippen MR) is 80.5 cm³/mol. The minimum Gasteiger partial charge on any atom is -0.378 e. The van der Waals surface area contributed by atoms with E-state index in [2.05, 4.69) is 60.3 Å². The fourth-order valence-corrected chi connectivity index (χ4v) is 1.99. The highest BCUT2D eigenvalue weighted by atomic mass is 15.0. The van der Waals surface area contributed by atoms with E-state index in [0.29, 0.717) is 0 Å². The molecule has 0 unspecified atom stereocenters. The third-order valence-electron chi connectivity index (χ3n) is 3.37. The maximum Gasteiger partial charge on any atom is 0.125 e. The predicted octanol–water partition coefficient (Wildman–Crippen LogP) is 3.94. The fraction of sp³-hybridized carbons (Fsp3) is 0.438. The highest BCUT2D eigenvalue weighted by molar-refractivity contribution is 5.47. The molecule has 3 heteroatoms. The van der Waals surface area contributed by atoms with Gasteiger partial charge in [0, 0.05) is 11.4 Å². The number of hydrogen-bond acceptors (Lipinski definition) is 2. The molecule has 0 saturated heterocycles. The van der Waals surface area contributed by atoms with Gasteiger partial charge in [-0.15, -0.1) is 0 Å². The summed E-state index contributed by atoms with van der Waals surface area (Å²) in [7, 11) is 0. The van der Waals surface area contributed by atoms with Gasteiger partial charge >= 0.3 is 0 Å². The van der Waals surface area contributed by atoms with E-state index in [1.165, 1.54) is 5.56 Å². The van der Waals surface area contributed by atoms with Gasteiger partial charge in [0.25, 0.3) is 0 Å². The summed E-state index contributed by atoms with van der Waals surface area (Å²) in [6.07, 6.45) is 0. The third-order valence-corrected chi connectivity index (χ3v) is 3.37. The van der Waals surface area contributed by atoms with Crippen molar-refractivity contribution < 1.29 is 0 Å². The van der Waals surface area contributed by atoms with Crippen LogP contribution in [0.15, 0.2) is 24.3 Å². The Morgan fingerprint density at radius 2 is 1.95 bits per heavy atom. The molecule has 1 aromatic heterocycles. The Kier molecular flexibility index (Phi) is 3.65. The van der Waals surface area contributed by atoms with Gasteiger partial charge in [-0.1, -0.05) is 32.9 Å². The first kappa shape index (κ1) is 13.7. The van der Waals surface area contributed by atoms with E-state index in [1.807, 2.05) is 13.8 Å². The largest absolute Gasteiger partial charge is 0.378 e. The van der Waals surface area contributed by atoms with Gasteiger partial charge in [-0.2, -0.15) is 0 Å². The number of aryl methyl sites for hydroxylation is 2. The topological polar surface area (TPSA) is 40.7 Å². The number of hydrogen-bond donors (Lipinski definition) is 2. The van der Waals surface area contributed by atoms with Crippen molar-refractivity contribution in [2.24, 2.45) is 0 Å². The van der Waals surface area contributed by atoms with E-state index in [1.54, 1.807) is 0 Å². The van der Waals surface area contributed by atoms with Crippen LogP contribution in [-0.4, -0.2) is 9.97 Å². The van der Waals surface area contributed by atoms with Gasteiger partial charge in [-0.05, 0) is 37.0 Å². The molecule has 2 rings (SSSR count). The van der Waals surface area contributed by atoms with Gasteiger partial charge in [0.05, 0.1) is 12.2 Å². The Bertz CT molecular complexity index is 542. The molecule has 0 aliphatic heterocycles. The normalized spacial score (nSPS) is 11.6. The zero-order valence-corrected chi connectivity index (χ0v) is 12.5. The highest BCUT2D eigenvalue weighted by Gasteiger charge is 2.13. The van der Waals surface area contributed by atoms with Gasteiger partial charge in [-0.3, -0.25) is 0 Å². The quantitative estimate of drug-likeness (QED) is 0.874. The van der Waals surface area contributed by atoms with Gasteiger partial charge < -0.3 is 10.3 Å². The van der Waals surface area contributed by atoms with Crippen LogP contribution < -0.4 is 5.32 Å². The monoisotopic (exact) mass is 257 g/mol. The summed E-state index contributed by atoms with van der Waals surface area (Å²) in [4.78, 5) is 7.76. The number of nitrogens with zero attached hydrogens (tertiary/aromatic N) is 1. The van der Waals surface area contributed by atoms with Crippen LogP contribution in [0, 0.1) is 13.8 Å². The number of H-pyrrole nitrogens is 1.